The van der Waals surface area contributed by atoms with E-state index in [9.17, 15) is 4.79 Å². The van der Waals surface area contributed by atoms with Crippen LogP contribution in [0.5, 0.6) is 0 Å². The van der Waals surface area contributed by atoms with Gasteiger partial charge in [-0.15, -0.1) is 0 Å². The molecule has 132 valence electrons. The van der Waals surface area contributed by atoms with Crippen LogP contribution in [0.3, 0.4) is 0 Å². The van der Waals surface area contributed by atoms with Crippen LogP contribution in [0.2, 0.25) is 0 Å². The lowest BCUT2D eigenvalue weighted by Crippen LogP contribution is -2.27. The number of amides is 1. The van der Waals surface area contributed by atoms with E-state index in [-0.39, 0.29) is 0 Å². The van der Waals surface area contributed by atoms with Gasteiger partial charge in [0.2, 0.25) is 0 Å². The zero-order valence-corrected chi connectivity index (χ0v) is 15.4. The Kier molecular flexibility index (Phi) is 6.01. The van der Waals surface area contributed by atoms with Crippen LogP contribution in [-0.4, -0.2) is 38.9 Å². The van der Waals surface area contributed by atoms with E-state index in [1.54, 1.807) is 11.6 Å². The Morgan fingerprint density at radius 1 is 1.36 bits per heavy atom. The Balaban J connectivity index is 1.61. The van der Waals surface area contributed by atoms with Crippen LogP contribution < -0.4 is 5.48 Å². The van der Waals surface area contributed by atoms with E-state index < -0.39 is 5.91 Å². The molecule has 1 atom stereocenters. The number of likely N-dealkylation sites (tertiary alicyclic amines) is 1. The second kappa shape index (κ2) is 8.42. The highest BCUT2D eigenvalue weighted by atomic mass is 79.9. The maximum atomic E-state index is 11.0. The predicted molar refractivity (Wildman–Crippen MR) is 98.9 cm³/mol. The van der Waals surface area contributed by atoms with Crippen LogP contribution in [0.1, 0.15) is 30.0 Å². The number of rotatable bonds is 6. The summed E-state index contributed by atoms with van der Waals surface area (Å²) in [5.41, 5.74) is 3.81. The molecule has 0 unspecified atom stereocenters. The molecular weight excluding hydrogens is 384 g/mol. The minimum Gasteiger partial charge on any atom is -0.294 e. The minimum atomic E-state index is -0.531. The predicted octanol–water partition coefficient (Wildman–Crippen LogP) is 3.00. The van der Waals surface area contributed by atoms with Crippen LogP contribution in [0.25, 0.3) is 6.08 Å². The normalized spacial score (nSPS) is 18.1. The average molecular weight is 405 g/mol. The highest BCUT2D eigenvalue weighted by Gasteiger charge is 2.25. The van der Waals surface area contributed by atoms with E-state index in [0.29, 0.717) is 6.04 Å². The Bertz CT molecular complexity index is 742. The Hall–Kier alpha value is -1.96. The smallest absolute Gasteiger partial charge is 0.267 e. The molecule has 2 aromatic rings. The van der Waals surface area contributed by atoms with Gasteiger partial charge < -0.3 is 0 Å². The minimum absolute atomic E-state index is 0.428. The molecular formula is C18H21BrN4O2. The van der Waals surface area contributed by atoms with Crippen LogP contribution in [0.4, 0.5) is 0 Å². The molecule has 2 N–H and O–H groups in total. The molecule has 0 aliphatic carbocycles. The van der Waals surface area contributed by atoms with Crippen molar-refractivity contribution in [3.8, 4) is 0 Å². The Labute approximate surface area is 155 Å². The van der Waals surface area contributed by atoms with Gasteiger partial charge in [-0.3, -0.25) is 19.6 Å². The second-order valence-electron chi connectivity index (χ2n) is 6.09. The average Bonchev–Trinajstić information content (AvgIpc) is 3.27. The summed E-state index contributed by atoms with van der Waals surface area (Å²) in [5.74, 6) is -0.531. The molecule has 1 aliphatic heterocycles. The van der Waals surface area contributed by atoms with E-state index in [4.69, 9.17) is 5.21 Å². The Morgan fingerprint density at radius 3 is 2.84 bits per heavy atom. The molecule has 0 radical (unpaired) electrons. The van der Waals surface area contributed by atoms with Crippen molar-refractivity contribution in [1.29, 1.82) is 0 Å². The van der Waals surface area contributed by atoms with Crippen molar-refractivity contribution in [1.82, 2.24) is 20.2 Å². The van der Waals surface area contributed by atoms with Crippen molar-refractivity contribution >= 4 is 27.9 Å². The molecule has 2 heterocycles. The van der Waals surface area contributed by atoms with E-state index in [2.05, 4.69) is 38.1 Å². The van der Waals surface area contributed by atoms with Crippen molar-refractivity contribution in [2.45, 2.75) is 25.4 Å². The summed E-state index contributed by atoms with van der Waals surface area (Å²) >= 11 is 3.43. The van der Waals surface area contributed by atoms with Gasteiger partial charge in [0.15, 0.2) is 0 Å². The van der Waals surface area contributed by atoms with Crippen molar-refractivity contribution < 1.29 is 10.0 Å². The van der Waals surface area contributed by atoms with Crippen molar-refractivity contribution in [3.05, 3.63) is 58.3 Å². The summed E-state index contributed by atoms with van der Waals surface area (Å²) in [5, 5.41) is 12.8. The molecule has 1 aliphatic rings. The first-order valence-corrected chi connectivity index (χ1v) is 9.09. The first kappa shape index (κ1) is 17.8. The number of benzene rings is 1. The molecule has 6 nitrogen and oxygen atoms in total. The molecule has 7 heteroatoms. The molecule has 3 rings (SSSR count). The number of carbonyl (C=O) groups excluding carboxylic acids is 1. The fourth-order valence-electron chi connectivity index (χ4n) is 3.20. The third-order valence-corrected chi connectivity index (χ3v) is 4.85. The largest absolute Gasteiger partial charge is 0.294 e. The molecule has 1 saturated heterocycles. The summed E-state index contributed by atoms with van der Waals surface area (Å²) in [6.07, 6.45) is 9.15. The van der Waals surface area contributed by atoms with Crippen molar-refractivity contribution in [2.75, 3.05) is 13.1 Å². The summed E-state index contributed by atoms with van der Waals surface area (Å²) in [4.78, 5) is 13.5. The van der Waals surface area contributed by atoms with E-state index in [1.165, 1.54) is 18.1 Å². The maximum Gasteiger partial charge on any atom is 0.267 e. The summed E-state index contributed by atoms with van der Waals surface area (Å²) < 4.78 is 2.96. The molecule has 1 fully saturated rings. The topological polar surface area (TPSA) is 70.4 Å². The zero-order chi connectivity index (χ0) is 17.6. The number of aromatic nitrogens is 2. The van der Waals surface area contributed by atoms with Gasteiger partial charge in [-0.2, -0.15) is 5.10 Å². The number of hydrogen-bond acceptors (Lipinski definition) is 4. The van der Waals surface area contributed by atoms with Gasteiger partial charge >= 0.3 is 0 Å². The van der Waals surface area contributed by atoms with Gasteiger partial charge in [-0.05, 0) is 52.5 Å². The number of nitrogens with one attached hydrogen (secondary N) is 1. The summed E-state index contributed by atoms with van der Waals surface area (Å²) in [6.45, 7) is 2.95. The zero-order valence-electron chi connectivity index (χ0n) is 13.8. The van der Waals surface area contributed by atoms with E-state index in [1.807, 2.05) is 29.2 Å². The van der Waals surface area contributed by atoms with Gasteiger partial charge in [0.1, 0.15) is 0 Å². The van der Waals surface area contributed by atoms with Crippen LogP contribution in [0, 0.1) is 0 Å². The Morgan fingerprint density at radius 2 is 2.16 bits per heavy atom. The van der Waals surface area contributed by atoms with Crippen LogP contribution in [-0.2, 0) is 11.3 Å². The monoisotopic (exact) mass is 404 g/mol. The summed E-state index contributed by atoms with van der Waals surface area (Å²) in [7, 11) is 0. The molecule has 1 aromatic carbocycles. The molecule has 25 heavy (non-hydrogen) atoms. The SMILES string of the molecule is O=C(C=Cc1ccc([C@@H]2CCCN2CCn2cc(Br)cn2)cc1)NO. The molecule has 0 spiro atoms. The number of hydrogen-bond donors (Lipinski definition) is 2. The number of nitrogens with zero attached hydrogens (tertiary/aromatic N) is 3. The van der Waals surface area contributed by atoms with E-state index >= 15 is 0 Å². The van der Waals surface area contributed by atoms with Crippen LogP contribution >= 0.6 is 15.9 Å². The van der Waals surface area contributed by atoms with Crippen molar-refractivity contribution in [3.63, 3.8) is 0 Å². The maximum absolute atomic E-state index is 11.0. The molecule has 1 aromatic heterocycles. The summed E-state index contributed by atoms with van der Waals surface area (Å²) in [6, 6.07) is 8.65. The lowest BCUT2D eigenvalue weighted by molar-refractivity contribution is -0.124. The molecule has 0 bridgehead atoms. The van der Waals surface area contributed by atoms with Gasteiger partial charge in [-0.25, -0.2) is 5.48 Å². The highest BCUT2D eigenvalue weighted by molar-refractivity contribution is 9.10. The third kappa shape index (κ3) is 4.78. The molecule has 0 saturated carbocycles. The quantitative estimate of drug-likeness (QED) is 0.441. The fourth-order valence-corrected chi connectivity index (χ4v) is 3.53. The van der Waals surface area contributed by atoms with Gasteiger partial charge in [-0.1, -0.05) is 24.3 Å². The van der Waals surface area contributed by atoms with Crippen molar-refractivity contribution in [2.24, 2.45) is 0 Å². The lowest BCUT2D eigenvalue weighted by Gasteiger charge is -2.24. The second-order valence-corrected chi connectivity index (χ2v) is 7.01. The van der Waals surface area contributed by atoms with Gasteiger partial charge in [0.05, 0.1) is 17.2 Å². The first-order chi connectivity index (χ1) is 12.2. The van der Waals surface area contributed by atoms with Gasteiger partial charge in [0.25, 0.3) is 5.91 Å². The van der Waals surface area contributed by atoms with E-state index in [0.717, 1.165) is 36.1 Å². The molecule has 1 amide bonds. The fraction of sp³-hybridized carbons (Fsp3) is 0.333. The van der Waals surface area contributed by atoms with Crippen LogP contribution in [0.15, 0.2) is 47.2 Å². The third-order valence-electron chi connectivity index (χ3n) is 4.44. The number of hydroxylamine groups is 1. The number of carbonyl (C=O) groups is 1. The van der Waals surface area contributed by atoms with Gasteiger partial charge in [0, 0.05) is 24.9 Å². The standard InChI is InChI=1S/C18H21BrN4O2/c19-16-12-20-23(13-16)11-10-22-9-1-2-17(22)15-6-3-14(4-7-15)5-8-18(24)21-25/h3-8,12-13,17,25H,1-2,9-11H2,(H,21,24)/t17-/m0/s1. The first-order valence-electron chi connectivity index (χ1n) is 8.30. The lowest BCUT2D eigenvalue weighted by atomic mass is 10.0. The highest BCUT2D eigenvalue weighted by Crippen LogP contribution is 2.31. The number of halogens is 1.